The summed E-state index contributed by atoms with van der Waals surface area (Å²) in [4.78, 5) is 31.5. The van der Waals surface area contributed by atoms with Gasteiger partial charge in [0.2, 0.25) is 5.91 Å². The van der Waals surface area contributed by atoms with Gasteiger partial charge in [0, 0.05) is 111 Å². The van der Waals surface area contributed by atoms with Gasteiger partial charge in [0.1, 0.15) is 0 Å². The molecule has 1 amide bonds. The van der Waals surface area contributed by atoms with Crippen LogP contribution in [0.15, 0.2) is 53.0 Å². The first-order chi connectivity index (χ1) is 34.3. The van der Waals surface area contributed by atoms with E-state index in [1.54, 1.807) is 14.2 Å². The van der Waals surface area contributed by atoms with Gasteiger partial charge in [-0.2, -0.15) is 0 Å². The minimum atomic E-state index is -0.667. The van der Waals surface area contributed by atoms with Crippen molar-refractivity contribution in [2.75, 3.05) is 14.2 Å². The molecule has 8 saturated carbocycles. The molecule has 8 aliphatic rings. The van der Waals surface area contributed by atoms with Crippen molar-refractivity contribution >= 4 is 123 Å². The van der Waals surface area contributed by atoms with Crippen LogP contribution in [0.4, 0.5) is 0 Å². The van der Waals surface area contributed by atoms with Gasteiger partial charge in [0.05, 0.1) is 18.3 Å². The number of amides is 1. The Morgan fingerprint density at radius 3 is 1.37 bits per heavy atom. The highest BCUT2D eigenvalue weighted by atomic mass is 79.9. The molecule has 0 bridgehead atoms. The number of hydrogen-bond acceptors (Lipinski definition) is 5. The van der Waals surface area contributed by atoms with Gasteiger partial charge in [-0.1, -0.05) is 53.0 Å². The lowest BCUT2D eigenvalue weighted by atomic mass is 8.58. The first-order valence-electron chi connectivity index (χ1n) is 27.8. The quantitative estimate of drug-likeness (QED) is 0.164. The summed E-state index contributed by atoms with van der Waals surface area (Å²) in [6.45, 7) is 8.89. The summed E-state index contributed by atoms with van der Waals surface area (Å²) in [5.74, 6) is 8.52. The highest BCUT2D eigenvalue weighted by Crippen LogP contribution is 2.66. The smallest absolute Gasteiger partial charge is 0.249 e. The lowest BCUT2D eigenvalue weighted by Gasteiger charge is -2.56. The summed E-state index contributed by atoms with van der Waals surface area (Å²) in [5, 5.41) is 24.0. The number of nitrogens with zero attached hydrogens (tertiary/aromatic N) is 1. The lowest BCUT2D eigenvalue weighted by Crippen LogP contribution is -2.62. The van der Waals surface area contributed by atoms with Gasteiger partial charge in [0.25, 0.3) is 0 Å². The number of fused-ring (bicyclic) bond motifs is 10. The third-order valence-electron chi connectivity index (χ3n) is 20.9. The van der Waals surface area contributed by atoms with Gasteiger partial charge >= 0.3 is 0 Å². The summed E-state index contributed by atoms with van der Waals surface area (Å²) in [6, 6.07) is 15.0. The molecular weight excluding hydrogens is 1000 g/mol. The van der Waals surface area contributed by atoms with Gasteiger partial charge in [-0.3, -0.25) is 14.4 Å². The number of ketones is 1. The third-order valence-corrected chi connectivity index (χ3v) is 22.0. The van der Waals surface area contributed by atoms with Crippen molar-refractivity contribution in [1.29, 1.82) is 0 Å². The fourth-order valence-corrected chi connectivity index (χ4v) is 17.8. The van der Waals surface area contributed by atoms with Crippen LogP contribution in [0.3, 0.4) is 0 Å². The van der Waals surface area contributed by atoms with Gasteiger partial charge in [-0.15, -0.1) is 0 Å². The van der Waals surface area contributed by atoms with Crippen molar-refractivity contribution in [3.8, 4) is 0 Å². The average molecular weight is 1080 g/mol. The summed E-state index contributed by atoms with van der Waals surface area (Å²) in [6.07, 6.45) is 18.5. The van der Waals surface area contributed by atoms with Crippen LogP contribution in [0.25, 0.3) is 0 Å². The number of rotatable bonds is 7. The van der Waals surface area contributed by atoms with E-state index in [0.717, 1.165) is 101 Å². The predicted molar refractivity (Wildman–Crippen MR) is 315 cm³/mol. The Morgan fingerprint density at radius 2 is 0.973 bits per heavy atom. The molecule has 378 valence electrons. The Labute approximate surface area is 468 Å². The molecule has 2 N–H and O–H groups in total. The first-order valence-corrected chi connectivity index (χ1v) is 29.4. The van der Waals surface area contributed by atoms with E-state index < -0.39 is 36.7 Å². The second-order valence-corrected chi connectivity index (χ2v) is 27.1. The molecule has 0 heterocycles. The monoisotopic (exact) mass is 1080 g/mol. The van der Waals surface area contributed by atoms with Crippen molar-refractivity contribution in [2.24, 2.45) is 81.8 Å². The molecule has 16 atom stereocenters. The van der Waals surface area contributed by atoms with Gasteiger partial charge in [0.15, 0.2) is 5.78 Å². The van der Waals surface area contributed by atoms with E-state index in [4.69, 9.17) is 74.5 Å². The number of carbonyl (C=O) groups is 2. The molecule has 12 radical (unpaired) electrons. The molecule has 8 aliphatic carbocycles. The third kappa shape index (κ3) is 13.4. The van der Waals surface area contributed by atoms with Crippen LogP contribution in [0.1, 0.15) is 154 Å². The second kappa shape index (κ2) is 24.7. The standard InChI is InChI=1S/C26H35ClO2.C22H37NO3.C6H4BrCl.B10/c1-25(29)13-11-19-17(15-25)5-8-21-20(19)12-14-26(2)22(21)9-10-23(26)24(28)16-3-6-18(27)7-4-16;1-21(25)11-9-15-14(13-21)5-6-17-16(15)10-12-22(2)18(17)7-8-19(22)20(24)23(3)26-4;7-5-1-3-6(8)4-2-5;1-7(2)10(8(3)4)9(5)6/h3-4,6-7,17,19-23,29H,5,8-15H2,1-2H3;14-19,25H,5-13H2,1-4H3;1-4H;/t17-,19-,20+,21+,22-,23+,25+,26-;14-,15-,16+,17+,18-,19+,21+,22-;;/m00../s1. The predicted octanol–water partition coefficient (Wildman–Crippen LogP) is 9.86. The van der Waals surface area contributed by atoms with E-state index in [1.807, 2.05) is 62.4 Å². The lowest BCUT2D eigenvalue weighted by molar-refractivity contribution is -0.180. The van der Waals surface area contributed by atoms with E-state index in [9.17, 15) is 19.8 Å². The van der Waals surface area contributed by atoms with Crippen LogP contribution in [0.2, 0.25) is 10.0 Å². The van der Waals surface area contributed by atoms with Crippen LogP contribution < -0.4 is 0 Å². The Hall–Kier alpha value is -0.831. The van der Waals surface area contributed by atoms with E-state index in [2.05, 4.69) is 29.8 Å². The van der Waals surface area contributed by atoms with E-state index in [-0.39, 0.29) is 28.6 Å². The number of carbonyl (C=O) groups excluding carboxylic acids is 2. The molecule has 73 heavy (non-hydrogen) atoms. The number of hydroxylamine groups is 2. The zero-order valence-electron chi connectivity index (χ0n) is 44.7. The molecule has 6 nitrogen and oxygen atoms in total. The van der Waals surface area contributed by atoms with Crippen molar-refractivity contribution in [3.05, 3.63) is 68.6 Å². The number of Topliss-reactive ketones (excluding diaryl/α,β-unsaturated/α-hetero) is 1. The van der Waals surface area contributed by atoms with Crippen molar-refractivity contribution in [3.63, 3.8) is 0 Å². The van der Waals surface area contributed by atoms with Crippen LogP contribution in [0.5, 0.6) is 0 Å². The number of aliphatic hydroxyl groups is 2. The van der Waals surface area contributed by atoms with Crippen molar-refractivity contribution in [2.45, 2.75) is 154 Å². The molecule has 0 aromatic heterocycles. The molecule has 8 fully saturated rings. The molecule has 2 aromatic rings. The average Bonchev–Trinajstić information content (AvgIpc) is 3.88. The normalized spacial score (nSPS) is 38.6. The summed E-state index contributed by atoms with van der Waals surface area (Å²) in [5.41, 5.74) is 0.262. The Balaban J connectivity index is 0.000000161. The highest BCUT2D eigenvalue weighted by Gasteiger charge is 2.61. The number of hydrogen-bond donors (Lipinski definition) is 2. The maximum atomic E-state index is 13.4. The molecule has 0 aliphatic heterocycles. The zero-order chi connectivity index (χ0) is 53.4. The van der Waals surface area contributed by atoms with E-state index in [1.165, 1.54) is 82.1 Å². The van der Waals surface area contributed by atoms with Crippen molar-refractivity contribution < 1.29 is 24.6 Å². The molecule has 2 aromatic carbocycles. The van der Waals surface area contributed by atoms with E-state index in [0.29, 0.717) is 22.6 Å². The van der Waals surface area contributed by atoms with Gasteiger partial charge in [-0.25, -0.2) is 5.06 Å². The molecule has 0 spiro atoms. The zero-order valence-corrected chi connectivity index (χ0v) is 47.8. The molecule has 0 saturated heterocycles. The summed E-state index contributed by atoms with van der Waals surface area (Å²) >= 11 is 14.9. The summed E-state index contributed by atoms with van der Waals surface area (Å²) in [7, 11) is 35.1. The molecule has 19 heteroatoms. The fourth-order valence-electron chi connectivity index (χ4n) is 17.3. The summed E-state index contributed by atoms with van der Waals surface area (Å²) < 4.78 is 1.06. The topological polar surface area (TPSA) is 87.1 Å². The minimum Gasteiger partial charge on any atom is -0.390 e. The maximum absolute atomic E-state index is 13.4. The van der Waals surface area contributed by atoms with Crippen LogP contribution >= 0.6 is 39.1 Å². The molecule has 0 unspecified atom stereocenters. The van der Waals surface area contributed by atoms with Crippen LogP contribution in [-0.2, 0) is 9.63 Å². The molecular formula is C54H76B10BrCl2NO5. The van der Waals surface area contributed by atoms with E-state index >= 15 is 0 Å². The maximum Gasteiger partial charge on any atom is 0.249 e. The Morgan fingerprint density at radius 1 is 0.575 bits per heavy atom. The SMILES string of the molecule is CON(C)C(=O)[C@H]1CC[C@H]2[C@@H]3CC[C@H]4C[C@](C)(O)CC[C@@H]4[C@H]3CC[C@]12C.C[C@@]1(O)CC[C@H]2[C@@H](CC[C@@H]3[C@@H]2CC[C@]2(C)[C@@H](C(=O)c4ccc(Cl)cc4)CC[C@@H]32)C1.Clc1ccc(Br)cc1.[B]B([B])B(B([B])[B])B([B])[B]. The number of benzene rings is 2. The van der Waals surface area contributed by atoms with Gasteiger partial charge < -0.3 is 10.2 Å². The Kier molecular flexibility index (Phi) is 20.2. The molecule has 10 rings (SSSR count). The van der Waals surface area contributed by atoms with Crippen molar-refractivity contribution in [1.82, 2.24) is 5.06 Å². The first kappa shape index (κ1) is 59.8. The largest absolute Gasteiger partial charge is 0.390 e. The van der Waals surface area contributed by atoms with Crippen LogP contribution in [-0.4, -0.2) is 124 Å². The number of halogens is 3. The minimum absolute atomic E-state index is 0.128. The van der Waals surface area contributed by atoms with Gasteiger partial charge in [-0.05, 0) is 248 Å². The van der Waals surface area contributed by atoms with Crippen LogP contribution in [0, 0.1) is 81.8 Å². The second-order valence-electron chi connectivity index (χ2n) is 25.3. The highest BCUT2D eigenvalue weighted by molar-refractivity contribution is 9.10. The Bertz CT molecular complexity index is 2130. The fraction of sp³-hybridized carbons (Fsp3) is 0.741.